The standard InChI is InChI=1S/C35H35NO3S3/c1-8-39-32(38)29-28(22-12-10-9-11-13-22)41-33(42-29)27-25-19-14-21(2)20-26(25)36(35(6,7)30(27)40)31(37)23-15-17-24(18-16-23)34(3,4)5/h9-20H,8H2,1-7H3. The molecule has 5 rings (SSSR count). The molecule has 0 N–H and O–H groups in total. The Labute approximate surface area is 262 Å². The Hall–Kier alpha value is -3.13. The topological polar surface area (TPSA) is 46.6 Å². The fraction of sp³-hybridized carbons (Fsp3) is 0.286. The molecule has 216 valence electrons. The van der Waals surface area contributed by atoms with Gasteiger partial charge in [0.05, 0.1) is 26.9 Å². The van der Waals surface area contributed by atoms with Gasteiger partial charge in [-0.05, 0) is 68.0 Å². The second-order valence-electron chi connectivity index (χ2n) is 12.0. The van der Waals surface area contributed by atoms with Crippen LogP contribution in [-0.2, 0) is 14.9 Å². The first-order valence-corrected chi connectivity index (χ1v) is 16.1. The van der Waals surface area contributed by atoms with Crippen molar-refractivity contribution in [3.05, 3.63) is 110 Å². The Morgan fingerprint density at radius 2 is 1.62 bits per heavy atom. The molecule has 3 aromatic carbocycles. The van der Waals surface area contributed by atoms with Gasteiger partial charge in [-0.1, -0.05) is 111 Å². The molecule has 2 aliphatic rings. The fourth-order valence-corrected chi connectivity index (χ4v) is 8.32. The number of carbonyl (C=O) groups excluding carboxylic acids is 2. The van der Waals surface area contributed by atoms with Crippen LogP contribution in [-0.4, -0.2) is 28.9 Å². The minimum absolute atomic E-state index is 0.00993. The fourth-order valence-electron chi connectivity index (χ4n) is 5.19. The van der Waals surface area contributed by atoms with Gasteiger partial charge in [0.15, 0.2) is 0 Å². The number of hydrogen-bond acceptors (Lipinski definition) is 6. The molecular formula is C35H35NO3S3. The van der Waals surface area contributed by atoms with Crippen molar-refractivity contribution in [3.8, 4) is 0 Å². The van der Waals surface area contributed by atoms with E-state index < -0.39 is 5.54 Å². The number of anilines is 1. The first-order valence-electron chi connectivity index (χ1n) is 14.0. The van der Waals surface area contributed by atoms with Crippen LogP contribution in [0.25, 0.3) is 10.5 Å². The number of ether oxygens (including phenoxy) is 1. The van der Waals surface area contributed by atoms with Gasteiger partial charge in [-0.2, -0.15) is 0 Å². The lowest BCUT2D eigenvalue weighted by Crippen LogP contribution is -2.56. The molecule has 0 fully saturated rings. The van der Waals surface area contributed by atoms with E-state index in [1.165, 1.54) is 17.3 Å². The third kappa shape index (κ3) is 5.50. The number of fused-ring (bicyclic) bond motifs is 1. The molecule has 0 saturated heterocycles. The normalized spacial score (nSPS) is 18.3. The van der Waals surface area contributed by atoms with Gasteiger partial charge in [0, 0.05) is 21.6 Å². The summed E-state index contributed by atoms with van der Waals surface area (Å²) >= 11 is 9.17. The van der Waals surface area contributed by atoms with Crippen LogP contribution in [0.5, 0.6) is 0 Å². The average Bonchev–Trinajstić information content (AvgIpc) is 3.39. The van der Waals surface area contributed by atoms with Crippen molar-refractivity contribution in [3.63, 3.8) is 0 Å². The summed E-state index contributed by atoms with van der Waals surface area (Å²) < 4.78 is 6.37. The maximum absolute atomic E-state index is 14.2. The molecule has 2 aliphatic heterocycles. The number of hydrogen-bond donors (Lipinski definition) is 0. The van der Waals surface area contributed by atoms with Crippen LogP contribution in [0.15, 0.2) is 81.9 Å². The van der Waals surface area contributed by atoms with Crippen molar-refractivity contribution >= 4 is 68.6 Å². The SMILES string of the molecule is CCOC(=O)C1=C(c2ccccc2)SC(=C2C(=S)C(C)(C)N(C(=O)c3ccc(C(C)(C)C)cc3)c3cc(C)ccc32)S1. The number of rotatable bonds is 4. The minimum atomic E-state index is -0.807. The molecular weight excluding hydrogens is 579 g/mol. The number of thiocarbonyl (C=S) groups is 1. The predicted molar refractivity (Wildman–Crippen MR) is 182 cm³/mol. The van der Waals surface area contributed by atoms with Gasteiger partial charge in [0.25, 0.3) is 5.91 Å². The second kappa shape index (κ2) is 11.5. The molecule has 0 aliphatic carbocycles. The lowest BCUT2D eigenvalue weighted by atomic mass is 9.82. The van der Waals surface area contributed by atoms with Gasteiger partial charge >= 0.3 is 5.97 Å². The first-order chi connectivity index (χ1) is 19.8. The number of nitrogens with zero attached hydrogens (tertiary/aromatic N) is 1. The van der Waals surface area contributed by atoms with Crippen molar-refractivity contribution < 1.29 is 14.3 Å². The molecule has 0 spiro atoms. The van der Waals surface area contributed by atoms with Crippen LogP contribution in [0.3, 0.4) is 0 Å². The van der Waals surface area contributed by atoms with Crippen molar-refractivity contribution in [1.29, 1.82) is 0 Å². The molecule has 0 atom stereocenters. The van der Waals surface area contributed by atoms with E-state index >= 15 is 0 Å². The summed E-state index contributed by atoms with van der Waals surface area (Å²) in [7, 11) is 0. The third-order valence-electron chi connectivity index (χ3n) is 7.50. The average molecular weight is 614 g/mol. The molecule has 1 amide bonds. The van der Waals surface area contributed by atoms with Crippen LogP contribution < -0.4 is 4.90 Å². The van der Waals surface area contributed by atoms with Crippen LogP contribution in [0.1, 0.15) is 74.2 Å². The lowest BCUT2D eigenvalue weighted by molar-refractivity contribution is -0.137. The smallest absolute Gasteiger partial charge is 0.346 e. The monoisotopic (exact) mass is 613 g/mol. The summed E-state index contributed by atoms with van der Waals surface area (Å²) in [6.45, 7) is 14.6. The minimum Gasteiger partial charge on any atom is -0.462 e. The highest BCUT2D eigenvalue weighted by atomic mass is 32.2. The van der Waals surface area contributed by atoms with E-state index in [2.05, 4.69) is 26.8 Å². The van der Waals surface area contributed by atoms with Crippen LogP contribution in [0.4, 0.5) is 5.69 Å². The van der Waals surface area contributed by atoms with Crippen molar-refractivity contribution in [2.24, 2.45) is 0 Å². The Morgan fingerprint density at radius 3 is 2.24 bits per heavy atom. The summed E-state index contributed by atoms with van der Waals surface area (Å²) in [5.41, 5.74) is 5.56. The van der Waals surface area contributed by atoms with E-state index in [4.69, 9.17) is 17.0 Å². The maximum atomic E-state index is 14.2. The molecule has 0 unspecified atom stereocenters. The predicted octanol–water partition coefficient (Wildman–Crippen LogP) is 9.18. The number of esters is 1. The van der Waals surface area contributed by atoms with Gasteiger partial charge in [-0.15, -0.1) is 0 Å². The summed E-state index contributed by atoms with van der Waals surface area (Å²) in [5, 5.41) is 0. The molecule has 3 aromatic rings. The largest absolute Gasteiger partial charge is 0.462 e. The number of thioether (sulfide) groups is 2. The van der Waals surface area contributed by atoms with Crippen molar-refractivity contribution in [1.82, 2.24) is 0 Å². The van der Waals surface area contributed by atoms with Crippen molar-refractivity contribution in [2.45, 2.75) is 59.4 Å². The van der Waals surface area contributed by atoms with Crippen LogP contribution in [0.2, 0.25) is 0 Å². The van der Waals surface area contributed by atoms with E-state index in [9.17, 15) is 9.59 Å². The highest BCUT2D eigenvalue weighted by molar-refractivity contribution is 8.32. The first kappa shape index (κ1) is 30.3. The van der Waals surface area contributed by atoms with E-state index in [0.717, 1.165) is 37.1 Å². The van der Waals surface area contributed by atoms with Gasteiger partial charge in [0.1, 0.15) is 4.91 Å². The van der Waals surface area contributed by atoms with Crippen LogP contribution in [0, 0.1) is 6.92 Å². The van der Waals surface area contributed by atoms with Gasteiger partial charge in [-0.25, -0.2) is 4.79 Å². The zero-order chi connectivity index (χ0) is 30.4. The zero-order valence-electron chi connectivity index (χ0n) is 25.0. The molecule has 2 heterocycles. The molecule has 42 heavy (non-hydrogen) atoms. The van der Waals surface area contributed by atoms with E-state index in [0.29, 0.717) is 21.9 Å². The Bertz CT molecular complexity index is 1640. The zero-order valence-corrected chi connectivity index (χ0v) is 27.5. The van der Waals surface area contributed by atoms with E-state index in [-0.39, 0.29) is 17.3 Å². The Balaban J connectivity index is 1.64. The third-order valence-corrected chi connectivity index (χ3v) is 10.8. The quantitative estimate of drug-likeness (QED) is 0.166. The maximum Gasteiger partial charge on any atom is 0.346 e. The number of amides is 1. The summed E-state index contributed by atoms with van der Waals surface area (Å²) in [6.07, 6.45) is 0. The molecule has 0 radical (unpaired) electrons. The molecule has 4 nitrogen and oxygen atoms in total. The summed E-state index contributed by atoms with van der Waals surface area (Å²) in [6, 6.07) is 23.9. The van der Waals surface area contributed by atoms with Gasteiger partial charge in [0.2, 0.25) is 0 Å². The number of carbonyl (C=O) groups is 2. The highest BCUT2D eigenvalue weighted by Crippen LogP contribution is 2.58. The lowest BCUT2D eigenvalue weighted by Gasteiger charge is -2.45. The second-order valence-corrected chi connectivity index (χ2v) is 14.7. The van der Waals surface area contributed by atoms with Crippen molar-refractivity contribution in [2.75, 3.05) is 11.5 Å². The Kier molecular flexibility index (Phi) is 8.31. The van der Waals surface area contributed by atoms with Gasteiger partial charge < -0.3 is 4.74 Å². The summed E-state index contributed by atoms with van der Waals surface area (Å²) in [5.74, 6) is -0.439. The van der Waals surface area contributed by atoms with Gasteiger partial charge in [-0.3, -0.25) is 9.69 Å². The molecule has 7 heteroatoms. The molecule has 0 aromatic heterocycles. The van der Waals surface area contributed by atoms with Crippen LogP contribution >= 0.6 is 35.7 Å². The van der Waals surface area contributed by atoms with E-state index in [1.54, 1.807) is 11.8 Å². The number of benzene rings is 3. The highest BCUT2D eigenvalue weighted by Gasteiger charge is 2.46. The number of aryl methyl sites for hydroxylation is 1. The molecule has 0 saturated carbocycles. The molecule has 0 bridgehead atoms. The van der Waals surface area contributed by atoms with E-state index in [1.807, 2.05) is 99.3 Å². The summed E-state index contributed by atoms with van der Waals surface area (Å²) in [4.78, 5) is 31.3. The Morgan fingerprint density at radius 1 is 0.952 bits per heavy atom.